The summed E-state index contributed by atoms with van der Waals surface area (Å²) in [7, 11) is 1.53. The highest BCUT2D eigenvalue weighted by Crippen LogP contribution is 2.38. The molecule has 1 fully saturated rings. The van der Waals surface area contributed by atoms with Gasteiger partial charge in [0.25, 0.3) is 11.8 Å². The minimum atomic E-state index is -0.616. The molecule has 0 aliphatic carbocycles. The van der Waals surface area contributed by atoms with Crippen molar-refractivity contribution in [1.29, 1.82) is 0 Å². The van der Waals surface area contributed by atoms with Crippen LogP contribution in [0, 0.1) is 0 Å². The Morgan fingerprint density at radius 1 is 1.35 bits per heavy atom. The average Bonchev–Trinajstić information content (AvgIpc) is 2.63. The number of amides is 2. The number of carbonyl (C=O) groups is 2. The second kappa shape index (κ2) is 6.10. The molecule has 0 spiro atoms. The van der Waals surface area contributed by atoms with Gasteiger partial charge in [-0.25, -0.2) is 0 Å². The number of hydrogen-bond acceptors (Lipinski definition) is 6. The van der Waals surface area contributed by atoms with Gasteiger partial charge in [0.2, 0.25) is 0 Å². The lowest BCUT2D eigenvalue weighted by atomic mass is 10.2. The normalized spacial score (nSPS) is 15.8. The van der Waals surface area contributed by atoms with Crippen molar-refractivity contribution in [2.45, 2.75) is 6.42 Å². The van der Waals surface area contributed by atoms with Gasteiger partial charge >= 0.3 is 0 Å². The van der Waals surface area contributed by atoms with E-state index in [4.69, 9.17) is 16.2 Å². The molecule has 110 valence electrons. The maximum atomic E-state index is 12.0. The summed E-state index contributed by atoms with van der Waals surface area (Å²) in [5.41, 5.74) is 11.7. The van der Waals surface area contributed by atoms with E-state index in [0.717, 1.165) is 24.3 Å². The molecule has 0 aromatic carbocycles. The first-order valence-electron chi connectivity index (χ1n) is 6.33. The van der Waals surface area contributed by atoms with Crippen LogP contribution in [-0.2, 0) is 4.74 Å². The van der Waals surface area contributed by atoms with E-state index in [1.807, 2.05) is 4.90 Å². The topological polar surface area (TPSA) is 111 Å². The van der Waals surface area contributed by atoms with Crippen molar-refractivity contribution >= 4 is 33.8 Å². The molecule has 0 saturated carbocycles. The largest absolute Gasteiger partial charge is 0.397 e. The fourth-order valence-corrected chi connectivity index (χ4v) is 3.25. The van der Waals surface area contributed by atoms with Crippen LogP contribution < -0.4 is 21.7 Å². The Bertz CT molecular complexity index is 521. The van der Waals surface area contributed by atoms with Crippen molar-refractivity contribution in [3.05, 3.63) is 10.4 Å². The van der Waals surface area contributed by atoms with Gasteiger partial charge in [0.1, 0.15) is 9.88 Å². The van der Waals surface area contributed by atoms with Gasteiger partial charge in [0.05, 0.1) is 17.9 Å². The molecule has 1 saturated heterocycles. The van der Waals surface area contributed by atoms with Crippen molar-refractivity contribution in [2.75, 3.05) is 44.0 Å². The average molecular weight is 298 g/mol. The number of nitrogens with one attached hydrogen (secondary N) is 1. The van der Waals surface area contributed by atoms with Crippen LogP contribution in [-0.4, -0.2) is 45.2 Å². The van der Waals surface area contributed by atoms with E-state index in [-0.39, 0.29) is 16.5 Å². The second-order valence-corrected chi connectivity index (χ2v) is 5.42. The molecular formula is C12H18N4O3S. The number of nitrogens with zero attached hydrogens (tertiary/aromatic N) is 1. The Morgan fingerprint density at radius 2 is 2.10 bits per heavy atom. The molecule has 2 rings (SSSR count). The molecule has 1 aromatic rings. The van der Waals surface area contributed by atoms with Crippen molar-refractivity contribution in [2.24, 2.45) is 5.73 Å². The van der Waals surface area contributed by atoms with Crippen molar-refractivity contribution in [3.63, 3.8) is 0 Å². The number of ether oxygens (including phenoxy) is 1. The molecule has 1 aliphatic rings. The minimum Gasteiger partial charge on any atom is -0.397 e. The monoisotopic (exact) mass is 298 g/mol. The highest BCUT2D eigenvalue weighted by Gasteiger charge is 2.27. The quantitative estimate of drug-likeness (QED) is 0.728. The van der Waals surface area contributed by atoms with Gasteiger partial charge in [-0.15, -0.1) is 11.3 Å². The van der Waals surface area contributed by atoms with Gasteiger partial charge in [-0.05, 0) is 6.42 Å². The Kier molecular flexibility index (Phi) is 4.46. The molecule has 2 heterocycles. The third-order valence-corrected chi connectivity index (χ3v) is 4.39. The molecule has 7 nitrogen and oxygen atoms in total. The number of nitrogen functional groups attached to an aromatic ring is 1. The van der Waals surface area contributed by atoms with Crippen LogP contribution in [0.25, 0.3) is 0 Å². The maximum absolute atomic E-state index is 12.0. The van der Waals surface area contributed by atoms with Gasteiger partial charge in [0.15, 0.2) is 0 Å². The Labute approximate surface area is 120 Å². The number of hydrogen-bond donors (Lipinski definition) is 3. The van der Waals surface area contributed by atoms with E-state index in [9.17, 15) is 9.59 Å². The molecule has 0 atom stereocenters. The number of thiophene rings is 1. The van der Waals surface area contributed by atoms with E-state index < -0.39 is 5.91 Å². The van der Waals surface area contributed by atoms with Crippen molar-refractivity contribution in [1.82, 2.24) is 5.32 Å². The van der Waals surface area contributed by atoms with Gasteiger partial charge in [-0.3, -0.25) is 9.59 Å². The summed E-state index contributed by atoms with van der Waals surface area (Å²) in [5.74, 6) is -0.929. The zero-order valence-corrected chi connectivity index (χ0v) is 12.1. The van der Waals surface area contributed by atoms with Gasteiger partial charge in [0, 0.05) is 26.7 Å². The lowest BCUT2D eigenvalue weighted by molar-refractivity contribution is 0.0964. The molecule has 1 aromatic heterocycles. The molecule has 8 heteroatoms. The lowest BCUT2D eigenvalue weighted by Crippen LogP contribution is -2.28. The van der Waals surface area contributed by atoms with Crippen LogP contribution in [0.5, 0.6) is 0 Å². The molecule has 1 aliphatic heterocycles. The number of nitrogens with two attached hydrogens (primary N) is 2. The Morgan fingerprint density at radius 3 is 2.75 bits per heavy atom. The van der Waals surface area contributed by atoms with Crippen LogP contribution in [0.3, 0.4) is 0 Å². The standard InChI is InChI=1S/C12H18N4O3S/c1-15-11(18)7-8(13)9(10(14)17)20-12(7)16-3-2-5-19-6-4-16/h2-6,13H2,1H3,(H2,14,17)(H,15,18). The van der Waals surface area contributed by atoms with Gasteiger partial charge < -0.3 is 26.4 Å². The van der Waals surface area contributed by atoms with Gasteiger partial charge in [-0.1, -0.05) is 0 Å². The highest BCUT2D eigenvalue weighted by molar-refractivity contribution is 7.19. The predicted molar refractivity (Wildman–Crippen MR) is 78.3 cm³/mol. The highest BCUT2D eigenvalue weighted by atomic mass is 32.1. The third kappa shape index (κ3) is 2.70. The van der Waals surface area contributed by atoms with Crippen molar-refractivity contribution in [3.8, 4) is 0 Å². The number of carbonyl (C=O) groups excluding carboxylic acids is 2. The number of primary amides is 1. The van der Waals surface area contributed by atoms with Crippen LogP contribution in [0.4, 0.5) is 10.7 Å². The van der Waals surface area contributed by atoms with Crippen LogP contribution >= 0.6 is 11.3 Å². The Hall–Kier alpha value is -1.80. The number of rotatable bonds is 3. The van der Waals surface area contributed by atoms with Crippen LogP contribution in [0.1, 0.15) is 26.5 Å². The van der Waals surface area contributed by atoms with E-state index in [0.29, 0.717) is 30.3 Å². The first-order valence-corrected chi connectivity index (χ1v) is 7.14. The summed E-state index contributed by atoms with van der Waals surface area (Å²) in [6, 6.07) is 0. The fourth-order valence-electron chi connectivity index (χ4n) is 2.13. The molecular weight excluding hydrogens is 280 g/mol. The van der Waals surface area contributed by atoms with E-state index in [1.54, 1.807) is 0 Å². The molecule has 20 heavy (non-hydrogen) atoms. The molecule has 2 amide bonds. The minimum absolute atomic E-state index is 0.155. The van der Waals surface area contributed by atoms with Crippen LogP contribution in [0.2, 0.25) is 0 Å². The summed E-state index contributed by atoms with van der Waals surface area (Å²) in [6.45, 7) is 2.68. The van der Waals surface area contributed by atoms with Gasteiger partial charge in [-0.2, -0.15) is 0 Å². The summed E-state index contributed by atoms with van der Waals surface area (Å²) in [6.07, 6.45) is 0.858. The second-order valence-electron chi connectivity index (χ2n) is 4.42. The van der Waals surface area contributed by atoms with E-state index in [1.165, 1.54) is 7.05 Å². The Balaban J connectivity index is 2.46. The first kappa shape index (κ1) is 14.6. The number of anilines is 2. The summed E-state index contributed by atoms with van der Waals surface area (Å²) < 4.78 is 5.40. The molecule has 5 N–H and O–H groups in total. The maximum Gasteiger partial charge on any atom is 0.260 e. The lowest BCUT2D eigenvalue weighted by Gasteiger charge is -2.21. The molecule has 0 radical (unpaired) electrons. The zero-order chi connectivity index (χ0) is 14.7. The van der Waals surface area contributed by atoms with E-state index >= 15 is 0 Å². The smallest absolute Gasteiger partial charge is 0.260 e. The predicted octanol–water partition coefficient (Wildman–Crippen LogP) is 0.0155. The van der Waals surface area contributed by atoms with E-state index in [2.05, 4.69) is 5.32 Å². The molecule has 0 bridgehead atoms. The zero-order valence-electron chi connectivity index (χ0n) is 11.3. The van der Waals surface area contributed by atoms with Crippen LogP contribution in [0.15, 0.2) is 0 Å². The fraction of sp³-hybridized carbons (Fsp3) is 0.500. The molecule has 0 unspecified atom stereocenters. The summed E-state index contributed by atoms with van der Waals surface area (Å²) >= 11 is 1.16. The third-order valence-electron chi connectivity index (χ3n) is 3.11. The SMILES string of the molecule is CNC(=O)c1c(N2CCCOCC2)sc(C(N)=O)c1N. The summed E-state index contributed by atoms with van der Waals surface area (Å²) in [4.78, 5) is 25.7. The first-order chi connectivity index (χ1) is 9.56. The van der Waals surface area contributed by atoms with Crippen molar-refractivity contribution < 1.29 is 14.3 Å². The summed E-state index contributed by atoms with van der Waals surface area (Å²) in [5, 5.41) is 3.23.